The summed E-state index contributed by atoms with van der Waals surface area (Å²) < 4.78 is 5.14. The minimum atomic E-state index is -0.589. The van der Waals surface area contributed by atoms with Gasteiger partial charge in [-0.2, -0.15) is 0 Å². The topological polar surface area (TPSA) is 78.3 Å². The summed E-state index contributed by atoms with van der Waals surface area (Å²) in [5, 5.41) is 4.00. The molecular weight excluding hydrogens is 342 g/mol. The molecule has 27 heavy (non-hydrogen) atoms. The van der Waals surface area contributed by atoms with E-state index in [-0.39, 0.29) is 23.5 Å². The number of hydrogen-bond acceptors (Lipinski definition) is 3. The Morgan fingerprint density at radius 2 is 2.00 bits per heavy atom. The molecule has 1 atom stereocenters. The van der Waals surface area contributed by atoms with Crippen molar-refractivity contribution in [1.29, 1.82) is 0 Å². The average molecular weight is 365 g/mol. The van der Waals surface area contributed by atoms with E-state index in [9.17, 15) is 9.59 Å². The quantitative estimate of drug-likeness (QED) is 0.746. The van der Waals surface area contributed by atoms with E-state index in [0.29, 0.717) is 13.1 Å². The van der Waals surface area contributed by atoms with Gasteiger partial charge in [0.2, 0.25) is 5.91 Å². The zero-order valence-corrected chi connectivity index (χ0v) is 15.5. The Morgan fingerprint density at radius 3 is 2.74 bits per heavy atom. The highest BCUT2D eigenvalue weighted by Gasteiger charge is 2.32. The number of H-pyrrole nitrogens is 1. The van der Waals surface area contributed by atoms with Gasteiger partial charge in [-0.15, -0.1) is 0 Å². The van der Waals surface area contributed by atoms with E-state index in [1.165, 1.54) is 17.5 Å². The third kappa shape index (κ3) is 3.23. The van der Waals surface area contributed by atoms with E-state index in [1.807, 2.05) is 30.9 Å². The van der Waals surface area contributed by atoms with Gasteiger partial charge in [-0.1, -0.05) is 32.0 Å². The normalized spacial score (nSPS) is 15.0. The van der Waals surface area contributed by atoms with Gasteiger partial charge in [-0.05, 0) is 24.1 Å². The summed E-state index contributed by atoms with van der Waals surface area (Å²) in [7, 11) is 0. The number of nitrogens with zero attached hydrogens (tertiary/aromatic N) is 1. The van der Waals surface area contributed by atoms with Gasteiger partial charge in [0.15, 0.2) is 5.76 Å². The number of para-hydroxylation sites is 1. The molecule has 1 aliphatic rings. The summed E-state index contributed by atoms with van der Waals surface area (Å²) >= 11 is 0. The average Bonchev–Trinajstić information content (AvgIpc) is 3.32. The maximum absolute atomic E-state index is 13.2. The molecule has 6 nitrogen and oxygen atoms in total. The number of carbonyl (C=O) groups is 2. The summed E-state index contributed by atoms with van der Waals surface area (Å²) in [5.74, 6) is -0.232. The number of benzene rings is 1. The molecular formula is C21H23N3O3. The second kappa shape index (κ2) is 6.95. The van der Waals surface area contributed by atoms with Crippen molar-refractivity contribution < 1.29 is 14.0 Å². The van der Waals surface area contributed by atoms with Crippen LogP contribution in [0.4, 0.5) is 0 Å². The maximum atomic E-state index is 13.2. The van der Waals surface area contributed by atoms with Gasteiger partial charge in [0, 0.05) is 41.7 Å². The minimum Gasteiger partial charge on any atom is -0.459 e. The predicted octanol–water partition coefficient (Wildman–Crippen LogP) is 3.10. The molecule has 0 aliphatic carbocycles. The molecule has 0 fully saturated rings. The number of amides is 2. The number of hydrogen-bond donors (Lipinski definition) is 2. The lowest BCUT2D eigenvalue weighted by Gasteiger charge is -2.32. The van der Waals surface area contributed by atoms with E-state index < -0.39 is 6.04 Å². The Morgan fingerprint density at radius 1 is 1.19 bits per heavy atom. The first kappa shape index (κ1) is 17.4. The van der Waals surface area contributed by atoms with Crippen LogP contribution < -0.4 is 5.32 Å². The predicted molar refractivity (Wildman–Crippen MR) is 102 cm³/mol. The fourth-order valence-corrected chi connectivity index (χ4v) is 3.68. The Bertz CT molecular complexity index is 972. The second-order valence-corrected chi connectivity index (χ2v) is 7.31. The molecule has 1 aromatic carbocycles. The molecule has 6 heteroatoms. The Balaban J connectivity index is 1.54. The molecule has 0 unspecified atom stereocenters. The fourth-order valence-electron chi connectivity index (χ4n) is 3.68. The number of nitrogens with one attached hydrogen (secondary N) is 2. The zero-order valence-electron chi connectivity index (χ0n) is 15.5. The Kier molecular flexibility index (Phi) is 4.48. The molecule has 0 saturated carbocycles. The van der Waals surface area contributed by atoms with Crippen molar-refractivity contribution in [2.24, 2.45) is 5.92 Å². The highest BCUT2D eigenvalue weighted by Crippen LogP contribution is 2.28. The van der Waals surface area contributed by atoms with Gasteiger partial charge in [0.1, 0.15) is 6.04 Å². The van der Waals surface area contributed by atoms with Gasteiger partial charge in [-0.3, -0.25) is 9.59 Å². The van der Waals surface area contributed by atoms with Gasteiger partial charge in [-0.25, -0.2) is 0 Å². The van der Waals surface area contributed by atoms with Crippen LogP contribution in [0.3, 0.4) is 0 Å². The van der Waals surface area contributed by atoms with Crippen molar-refractivity contribution in [2.75, 3.05) is 6.54 Å². The fraction of sp³-hybridized carbons (Fsp3) is 0.333. The van der Waals surface area contributed by atoms with Crippen LogP contribution in [0.1, 0.15) is 35.7 Å². The molecule has 0 spiro atoms. The highest BCUT2D eigenvalue weighted by atomic mass is 16.3. The van der Waals surface area contributed by atoms with E-state index in [4.69, 9.17) is 4.42 Å². The van der Waals surface area contributed by atoms with Crippen molar-refractivity contribution >= 4 is 22.7 Å². The molecule has 2 amide bonds. The molecule has 0 bridgehead atoms. The van der Waals surface area contributed by atoms with Crippen molar-refractivity contribution in [2.45, 2.75) is 32.9 Å². The van der Waals surface area contributed by atoms with Crippen molar-refractivity contribution in [3.05, 3.63) is 59.7 Å². The van der Waals surface area contributed by atoms with Crippen LogP contribution >= 0.6 is 0 Å². The van der Waals surface area contributed by atoms with E-state index in [1.54, 1.807) is 12.1 Å². The Hall–Kier alpha value is -3.02. The number of fused-ring (bicyclic) bond motifs is 3. The lowest BCUT2D eigenvalue weighted by Crippen LogP contribution is -2.52. The van der Waals surface area contributed by atoms with Crippen LogP contribution in [0.5, 0.6) is 0 Å². The largest absolute Gasteiger partial charge is 0.459 e. The van der Waals surface area contributed by atoms with Crippen LogP contribution in [-0.2, 0) is 17.8 Å². The molecule has 4 rings (SSSR count). The van der Waals surface area contributed by atoms with Crippen molar-refractivity contribution in [3.8, 4) is 0 Å². The van der Waals surface area contributed by atoms with Crippen LogP contribution in [-0.4, -0.2) is 34.3 Å². The smallest absolute Gasteiger partial charge is 0.287 e. The van der Waals surface area contributed by atoms with Crippen molar-refractivity contribution in [3.63, 3.8) is 0 Å². The first-order valence-corrected chi connectivity index (χ1v) is 9.26. The SMILES string of the molecule is CC(C)[C@@H](NC(=O)c1ccco1)C(=O)N1CCc2[nH]c3ccccc3c2C1. The number of furan rings is 1. The summed E-state index contributed by atoms with van der Waals surface area (Å²) in [5.41, 5.74) is 3.47. The monoisotopic (exact) mass is 365 g/mol. The van der Waals surface area contributed by atoms with Crippen LogP contribution in [0, 0.1) is 5.92 Å². The third-order valence-corrected chi connectivity index (χ3v) is 5.16. The number of aromatic amines is 1. The maximum Gasteiger partial charge on any atom is 0.287 e. The highest BCUT2D eigenvalue weighted by molar-refractivity contribution is 5.96. The van der Waals surface area contributed by atoms with Gasteiger partial charge in [0.05, 0.1) is 6.26 Å². The van der Waals surface area contributed by atoms with Gasteiger partial charge in [0.25, 0.3) is 5.91 Å². The molecule has 0 radical (unpaired) electrons. The standard InChI is InChI=1S/C21H23N3O3/c1-13(2)19(23-20(25)18-8-5-11-27-18)21(26)24-10-9-17-15(12-24)14-6-3-4-7-16(14)22-17/h3-8,11,13,19,22H,9-10,12H2,1-2H3,(H,23,25)/t19-/m1/s1. The molecule has 2 N–H and O–H groups in total. The Labute approximate surface area is 157 Å². The van der Waals surface area contributed by atoms with Gasteiger partial charge < -0.3 is 19.6 Å². The molecule has 1 aliphatic heterocycles. The second-order valence-electron chi connectivity index (χ2n) is 7.31. The van der Waals surface area contributed by atoms with Crippen LogP contribution in [0.25, 0.3) is 10.9 Å². The molecule has 3 heterocycles. The lowest BCUT2D eigenvalue weighted by atomic mass is 9.99. The first-order chi connectivity index (χ1) is 13.0. The number of rotatable bonds is 4. The molecule has 0 saturated heterocycles. The molecule has 140 valence electrons. The number of aromatic nitrogens is 1. The number of carbonyl (C=O) groups excluding carboxylic acids is 2. The molecule has 2 aromatic heterocycles. The van der Waals surface area contributed by atoms with E-state index >= 15 is 0 Å². The van der Waals surface area contributed by atoms with E-state index in [2.05, 4.69) is 22.4 Å². The third-order valence-electron chi connectivity index (χ3n) is 5.16. The molecule has 3 aromatic rings. The summed E-state index contributed by atoms with van der Waals surface area (Å²) in [4.78, 5) is 30.8. The van der Waals surface area contributed by atoms with Gasteiger partial charge >= 0.3 is 0 Å². The zero-order chi connectivity index (χ0) is 19.0. The van der Waals surface area contributed by atoms with Crippen molar-refractivity contribution in [1.82, 2.24) is 15.2 Å². The summed E-state index contributed by atoms with van der Waals surface area (Å²) in [6.45, 7) is 5.06. The van der Waals surface area contributed by atoms with Crippen LogP contribution in [0.15, 0.2) is 47.1 Å². The van der Waals surface area contributed by atoms with Crippen LogP contribution in [0.2, 0.25) is 0 Å². The summed E-state index contributed by atoms with van der Waals surface area (Å²) in [6.07, 6.45) is 2.23. The first-order valence-electron chi connectivity index (χ1n) is 9.26. The van der Waals surface area contributed by atoms with E-state index in [0.717, 1.165) is 17.3 Å². The lowest BCUT2D eigenvalue weighted by molar-refractivity contribution is -0.135. The summed E-state index contributed by atoms with van der Waals surface area (Å²) in [6, 6.07) is 10.8. The minimum absolute atomic E-state index is 0.0271.